The normalized spacial score (nSPS) is 10.7. The zero-order valence-electron chi connectivity index (χ0n) is 18.1. The van der Waals surface area contributed by atoms with Gasteiger partial charge in [0.05, 0.1) is 17.9 Å². The number of aryl methyl sites for hydroxylation is 1. The Morgan fingerprint density at radius 1 is 0.903 bits per heavy atom. The molecule has 156 valence electrons. The molecular formula is C27H26N2O2. The molecule has 0 radical (unpaired) electrons. The summed E-state index contributed by atoms with van der Waals surface area (Å²) in [5.41, 5.74) is 6.47. The maximum absolute atomic E-state index is 13.1. The van der Waals surface area contributed by atoms with Gasteiger partial charge in [-0.3, -0.25) is 4.79 Å². The number of benzene rings is 3. The molecule has 0 unspecified atom stereocenters. The van der Waals surface area contributed by atoms with Crippen LogP contribution < -0.4 is 10.1 Å². The SMILES string of the molecule is CCOc1ccc(-n2c(-c3ccccc3)cc(C(=O)Nc3ccc(C)cc3)c2C)cc1. The van der Waals surface area contributed by atoms with Crippen LogP contribution in [0.5, 0.6) is 5.75 Å². The summed E-state index contributed by atoms with van der Waals surface area (Å²) in [7, 11) is 0. The fourth-order valence-electron chi connectivity index (χ4n) is 3.68. The molecule has 0 saturated carbocycles. The lowest BCUT2D eigenvalue weighted by atomic mass is 10.1. The summed E-state index contributed by atoms with van der Waals surface area (Å²) in [6.45, 7) is 6.60. The second-order valence-electron chi connectivity index (χ2n) is 7.48. The highest BCUT2D eigenvalue weighted by molar-refractivity contribution is 6.06. The lowest BCUT2D eigenvalue weighted by Crippen LogP contribution is -2.13. The van der Waals surface area contributed by atoms with Gasteiger partial charge in [-0.15, -0.1) is 0 Å². The quantitative estimate of drug-likeness (QED) is 0.399. The van der Waals surface area contributed by atoms with Crippen LogP contribution in [0.2, 0.25) is 0 Å². The predicted octanol–water partition coefficient (Wildman–Crippen LogP) is 6.41. The number of nitrogens with one attached hydrogen (secondary N) is 1. The van der Waals surface area contributed by atoms with E-state index in [1.54, 1.807) is 0 Å². The van der Waals surface area contributed by atoms with Crippen molar-refractivity contribution < 1.29 is 9.53 Å². The molecule has 3 aromatic carbocycles. The van der Waals surface area contributed by atoms with E-state index in [1.807, 2.05) is 93.6 Å². The van der Waals surface area contributed by atoms with Crippen LogP contribution in [0.25, 0.3) is 16.9 Å². The standard InChI is InChI=1S/C27H26N2O2/c1-4-31-24-16-14-23(15-17-24)29-20(3)25(18-26(29)21-8-6-5-7-9-21)27(30)28-22-12-10-19(2)11-13-22/h5-18H,4H2,1-3H3,(H,28,30). The van der Waals surface area contributed by atoms with Crippen LogP contribution in [-0.2, 0) is 0 Å². The summed E-state index contributed by atoms with van der Waals surface area (Å²) in [5, 5.41) is 3.02. The molecule has 0 spiro atoms. The molecule has 4 nitrogen and oxygen atoms in total. The van der Waals surface area contributed by atoms with Gasteiger partial charge in [0.2, 0.25) is 0 Å². The van der Waals surface area contributed by atoms with Gasteiger partial charge in [0.25, 0.3) is 5.91 Å². The first kappa shape index (κ1) is 20.5. The molecule has 0 fully saturated rings. The fraction of sp³-hybridized carbons (Fsp3) is 0.148. The zero-order valence-corrected chi connectivity index (χ0v) is 18.1. The Morgan fingerprint density at radius 2 is 1.58 bits per heavy atom. The summed E-state index contributed by atoms with van der Waals surface area (Å²) in [6, 6.07) is 27.9. The molecule has 0 aliphatic carbocycles. The Kier molecular flexibility index (Phi) is 5.89. The van der Waals surface area contributed by atoms with Gasteiger partial charge in [-0.05, 0) is 68.8 Å². The second kappa shape index (κ2) is 8.92. The lowest BCUT2D eigenvalue weighted by Gasteiger charge is -2.13. The molecule has 4 aromatic rings. The third-order valence-corrected chi connectivity index (χ3v) is 5.28. The number of hydrogen-bond donors (Lipinski definition) is 1. The van der Waals surface area contributed by atoms with E-state index in [9.17, 15) is 4.79 Å². The van der Waals surface area contributed by atoms with Gasteiger partial charge in [0.15, 0.2) is 0 Å². The van der Waals surface area contributed by atoms with Crippen molar-refractivity contribution in [3.05, 3.63) is 102 Å². The van der Waals surface area contributed by atoms with Gasteiger partial charge >= 0.3 is 0 Å². The number of aromatic nitrogens is 1. The van der Waals surface area contributed by atoms with Crippen LogP contribution in [0.1, 0.15) is 28.5 Å². The maximum atomic E-state index is 13.1. The number of hydrogen-bond acceptors (Lipinski definition) is 2. The van der Waals surface area contributed by atoms with Gasteiger partial charge < -0.3 is 14.6 Å². The topological polar surface area (TPSA) is 43.3 Å². The fourth-order valence-corrected chi connectivity index (χ4v) is 3.68. The van der Waals surface area contributed by atoms with Crippen molar-refractivity contribution in [2.45, 2.75) is 20.8 Å². The molecule has 4 rings (SSSR count). The maximum Gasteiger partial charge on any atom is 0.257 e. The van der Waals surface area contributed by atoms with Crippen LogP contribution in [0.4, 0.5) is 5.69 Å². The van der Waals surface area contributed by atoms with E-state index in [-0.39, 0.29) is 5.91 Å². The average Bonchev–Trinajstić information content (AvgIpc) is 3.14. The molecule has 0 atom stereocenters. The minimum absolute atomic E-state index is 0.122. The van der Waals surface area contributed by atoms with E-state index in [4.69, 9.17) is 4.74 Å². The van der Waals surface area contributed by atoms with Crippen LogP contribution in [-0.4, -0.2) is 17.1 Å². The highest BCUT2D eigenvalue weighted by atomic mass is 16.5. The van der Waals surface area contributed by atoms with Gasteiger partial charge in [-0.1, -0.05) is 48.0 Å². The first-order chi connectivity index (χ1) is 15.1. The van der Waals surface area contributed by atoms with Crippen molar-refractivity contribution in [2.24, 2.45) is 0 Å². The molecule has 0 saturated heterocycles. The van der Waals surface area contributed by atoms with Crippen molar-refractivity contribution in [2.75, 3.05) is 11.9 Å². The first-order valence-electron chi connectivity index (χ1n) is 10.5. The molecular weight excluding hydrogens is 384 g/mol. The van der Waals surface area contributed by atoms with E-state index >= 15 is 0 Å². The molecule has 0 aliphatic heterocycles. The van der Waals surface area contributed by atoms with E-state index in [0.717, 1.165) is 39.6 Å². The van der Waals surface area contributed by atoms with Gasteiger partial charge in [0, 0.05) is 17.1 Å². The van der Waals surface area contributed by atoms with E-state index in [2.05, 4.69) is 22.0 Å². The Labute approximate surface area is 183 Å². The summed E-state index contributed by atoms with van der Waals surface area (Å²) >= 11 is 0. The Hall–Kier alpha value is -3.79. The third kappa shape index (κ3) is 4.38. The minimum atomic E-state index is -0.122. The van der Waals surface area contributed by atoms with Crippen molar-refractivity contribution in [3.63, 3.8) is 0 Å². The monoisotopic (exact) mass is 410 g/mol. The first-order valence-corrected chi connectivity index (χ1v) is 10.5. The Bertz CT molecular complexity index is 1170. The molecule has 1 heterocycles. The number of anilines is 1. The van der Waals surface area contributed by atoms with Crippen molar-refractivity contribution >= 4 is 11.6 Å². The largest absolute Gasteiger partial charge is 0.494 e. The molecule has 1 N–H and O–H groups in total. The molecule has 31 heavy (non-hydrogen) atoms. The number of rotatable bonds is 6. The van der Waals surface area contributed by atoms with Crippen LogP contribution in [0, 0.1) is 13.8 Å². The Balaban J connectivity index is 1.77. The van der Waals surface area contributed by atoms with Crippen molar-refractivity contribution in [1.82, 2.24) is 4.57 Å². The highest BCUT2D eigenvalue weighted by Crippen LogP contribution is 2.30. The molecule has 0 bridgehead atoms. The predicted molar refractivity (Wildman–Crippen MR) is 126 cm³/mol. The van der Waals surface area contributed by atoms with E-state index in [1.165, 1.54) is 0 Å². The van der Waals surface area contributed by atoms with Crippen LogP contribution in [0.3, 0.4) is 0 Å². The van der Waals surface area contributed by atoms with Crippen LogP contribution >= 0.6 is 0 Å². The number of nitrogens with zero attached hydrogens (tertiary/aromatic N) is 1. The zero-order chi connectivity index (χ0) is 21.8. The second-order valence-corrected chi connectivity index (χ2v) is 7.48. The molecule has 0 aliphatic rings. The van der Waals surface area contributed by atoms with Gasteiger partial charge in [0.1, 0.15) is 5.75 Å². The molecule has 4 heteroatoms. The van der Waals surface area contributed by atoms with Crippen molar-refractivity contribution in [1.29, 1.82) is 0 Å². The lowest BCUT2D eigenvalue weighted by molar-refractivity contribution is 0.102. The third-order valence-electron chi connectivity index (χ3n) is 5.28. The number of carbonyl (C=O) groups is 1. The summed E-state index contributed by atoms with van der Waals surface area (Å²) < 4.78 is 7.71. The number of amides is 1. The number of ether oxygens (including phenoxy) is 1. The van der Waals surface area contributed by atoms with Gasteiger partial charge in [-0.2, -0.15) is 0 Å². The average molecular weight is 411 g/mol. The van der Waals surface area contributed by atoms with Crippen LogP contribution in [0.15, 0.2) is 84.9 Å². The minimum Gasteiger partial charge on any atom is -0.494 e. The number of carbonyl (C=O) groups excluding carboxylic acids is 1. The van der Waals surface area contributed by atoms with Gasteiger partial charge in [-0.25, -0.2) is 0 Å². The summed E-state index contributed by atoms with van der Waals surface area (Å²) in [4.78, 5) is 13.1. The van der Waals surface area contributed by atoms with E-state index < -0.39 is 0 Å². The smallest absolute Gasteiger partial charge is 0.257 e. The molecule has 1 aromatic heterocycles. The summed E-state index contributed by atoms with van der Waals surface area (Å²) in [5.74, 6) is 0.706. The van der Waals surface area contributed by atoms with Crippen molar-refractivity contribution in [3.8, 4) is 22.7 Å². The summed E-state index contributed by atoms with van der Waals surface area (Å²) in [6.07, 6.45) is 0. The highest BCUT2D eigenvalue weighted by Gasteiger charge is 2.20. The van der Waals surface area contributed by atoms with E-state index in [0.29, 0.717) is 12.2 Å². The molecule has 1 amide bonds. The Morgan fingerprint density at radius 3 is 2.23 bits per heavy atom.